The fourth-order valence-corrected chi connectivity index (χ4v) is 3.32. The van der Waals surface area contributed by atoms with Crippen molar-refractivity contribution in [3.8, 4) is 0 Å². The number of carbonyl (C=O) groups excluding carboxylic acids is 4. The predicted octanol–water partition coefficient (Wildman–Crippen LogP) is 0.731. The van der Waals surface area contributed by atoms with Gasteiger partial charge in [-0.15, -0.1) is 0 Å². The Morgan fingerprint density at radius 2 is 1.81 bits per heavy atom. The molecule has 5 N–H and O–H groups in total. The lowest BCUT2D eigenvalue weighted by Gasteiger charge is -2.19. The van der Waals surface area contributed by atoms with Crippen LogP contribution in [-0.2, 0) is 19.2 Å². The van der Waals surface area contributed by atoms with Crippen LogP contribution in [-0.4, -0.2) is 86.7 Å². The van der Waals surface area contributed by atoms with Crippen molar-refractivity contribution >= 4 is 35.5 Å². The second-order valence-corrected chi connectivity index (χ2v) is 9.70. The SMILES string of the molecule is CN(C)CCNC(=O)ON=C(N)c1ccc(N2CCC(NC(=O)NCCC(=O)OC(C)(C)C)C2=O)cc1. The van der Waals surface area contributed by atoms with Crippen LogP contribution in [0.5, 0.6) is 0 Å². The third-order valence-electron chi connectivity index (χ3n) is 5.08. The largest absolute Gasteiger partial charge is 0.460 e. The fourth-order valence-electron chi connectivity index (χ4n) is 3.32. The maximum Gasteiger partial charge on any atom is 0.433 e. The van der Waals surface area contributed by atoms with Gasteiger partial charge in [0, 0.05) is 37.4 Å². The Labute approximate surface area is 216 Å². The summed E-state index contributed by atoms with van der Waals surface area (Å²) < 4.78 is 5.19. The third-order valence-corrected chi connectivity index (χ3v) is 5.08. The van der Waals surface area contributed by atoms with Crippen LogP contribution in [0.4, 0.5) is 15.3 Å². The van der Waals surface area contributed by atoms with Crippen molar-refractivity contribution in [3.63, 3.8) is 0 Å². The van der Waals surface area contributed by atoms with Gasteiger partial charge in [-0.1, -0.05) is 5.16 Å². The minimum atomic E-state index is -0.712. The highest BCUT2D eigenvalue weighted by atomic mass is 16.7. The molecule has 0 aromatic heterocycles. The third kappa shape index (κ3) is 10.3. The molecule has 0 spiro atoms. The molecule has 1 aliphatic rings. The van der Waals surface area contributed by atoms with Crippen molar-refractivity contribution in [1.82, 2.24) is 20.9 Å². The maximum atomic E-state index is 12.8. The van der Waals surface area contributed by atoms with E-state index in [1.807, 2.05) is 19.0 Å². The summed E-state index contributed by atoms with van der Waals surface area (Å²) >= 11 is 0. The van der Waals surface area contributed by atoms with Crippen LogP contribution < -0.4 is 26.6 Å². The molecule has 37 heavy (non-hydrogen) atoms. The number of oxime groups is 1. The van der Waals surface area contributed by atoms with Crippen molar-refractivity contribution in [2.45, 2.75) is 45.3 Å². The van der Waals surface area contributed by atoms with E-state index in [0.717, 1.165) is 0 Å². The van der Waals surface area contributed by atoms with E-state index < -0.39 is 29.7 Å². The first-order valence-electron chi connectivity index (χ1n) is 12.0. The number of nitrogens with one attached hydrogen (secondary N) is 3. The molecule has 4 amide bonds. The van der Waals surface area contributed by atoms with Gasteiger partial charge in [0.25, 0.3) is 0 Å². The monoisotopic (exact) mass is 519 g/mol. The number of ether oxygens (including phenoxy) is 1. The normalized spacial score (nSPS) is 15.9. The number of hydrogen-bond donors (Lipinski definition) is 4. The highest BCUT2D eigenvalue weighted by Crippen LogP contribution is 2.22. The molecule has 1 unspecified atom stereocenters. The summed E-state index contributed by atoms with van der Waals surface area (Å²) in [6.45, 7) is 6.87. The summed E-state index contributed by atoms with van der Waals surface area (Å²) in [5.41, 5.74) is 6.43. The van der Waals surface area contributed by atoms with Gasteiger partial charge in [-0.2, -0.15) is 0 Å². The molecule has 1 fully saturated rings. The van der Waals surface area contributed by atoms with Crippen molar-refractivity contribution in [2.75, 3.05) is 45.2 Å². The standard InChI is InChI=1S/C24H37N7O6/c1-24(2,3)36-19(32)10-12-26-22(34)28-18-11-14-31(21(18)33)17-8-6-16(7-9-17)20(25)29-37-23(35)27-13-15-30(4)5/h6-9,18H,10-15H2,1-5H3,(H2,25,29)(H,27,35)(H2,26,28,34). The van der Waals surface area contributed by atoms with Gasteiger partial charge in [-0.05, 0) is 65.6 Å². The Hall–Kier alpha value is -3.87. The van der Waals surface area contributed by atoms with E-state index in [0.29, 0.717) is 37.3 Å². The zero-order valence-electron chi connectivity index (χ0n) is 22.0. The van der Waals surface area contributed by atoms with E-state index in [4.69, 9.17) is 15.3 Å². The van der Waals surface area contributed by atoms with Crippen LogP contribution in [0.3, 0.4) is 0 Å². The molecule has 0 saturated carbocycles. The Morgan fingerprint density at radius 1 is 1.14 bits per heavy atom. The number of amides is 4. The van der Waals surface area contributed by atoms with Gasteiger partial charge in [0.05, 0.1) is 6.42 Å². The van der Waals surface area contributed by atoms with E-state index in [1.54, 1.807) is 49.9 Å². The van der Waals surface area contributed by atoms with Gasteiger partial charge in [0.1, 0.15) is 11.6 Å². The number of anilines is 1. The zero-order valence-corrected chi connectivity index (χ0v) is 22.0. The Morgan fingerprint density at radius 3 is 2.43 bits per heavy atom. The highest BCUT2D eigenvalue weighted by Gasteiger charge is 2.33. The molecule has 13 nitrogen and oxygen atoms in total. The average molecular weight is 520 g/mol. The molecule has 1 aliphatic heterocycles. The van der Waals surface area contributed by atoms with Crippen molar-refractivity contribution < 1.29 is 28.8 Å². The molecule has 1 atom stereocenters. The van der Waals surface area contributed by atoms with Crippen LogP contribution in [0, 0.1) is 0 Å². The van der Waals surface area contributed by atoms with Crippen molar-refractivity contribution in [3.05, 3.63) is 29.8 Å². The number of likely N-dealkylation sites (N-methyl/N-ethyl adjacent to an activating group) is 1. The minimum absolute atomic E-state index is 0.00431. The average Bonchev–Trinajstić information content (AvgIpc) is 3.16. The van der Waals surface area contributed by atoms with E-state index in [1.165, 1.54) is 0 Å². The van der Waals surface area contributed by atoms with Gasteiger partial charge in [0.15, 0.2) is 5.84 Å². The number of rotatable bonds is 10. The molecular weight excluding hydrogens is 482 g/mol. The second-order valence-electron chi connectivity index (χ2n) is 9.70. The van der Waals surface area contributed by atoms with Crippen LogP contribution >= 0.6 is 0 Å². The lowest BCUT2D eigenvalue weighted by Crippen LogP contribution is -2.46. The summed E-state index contributed by atoms with van der Waals surface area (Å²) in [7, 11) is 3.76. The van der Waals surface area contributed by atoms with Gasteiger partial charge in [0.2, 0.25) is 5.91 Å². The Bertz CT molecular complexity index is 988. The molecule has 1 saturated heterocycles. The van der Waals surface area contributed by atoms with Gasteiger partial charge < -0.3 is 36.2 Å². The lowest BCUT2D eigenvalue weighted by atomic mass is 10.2. The van der Waals surface area contributed by atoms with Crippen LogP contribution in [0.15, 0.2) is 29.4 Å². The van der Waals surface area contributed by atoms with E-state index in [-0.39, 0.29) is 24.7 Å². The second kappa shape index (κ2) is 13.4. The predicted molar refractivity (Wildman–Crippen MR) is 138 cm³/mol. The van der Waals surface area contributed by atoms with Crippen LogP contribution in [0.25, 0.3) is 0 Å². The molecule has 1 aromatic rings. The molecule has 1 heterocycles. The number of hydrogen-bond acceptors (Lipinski definition) is 8. The Kier molecular flexibility index (Phi) is 10.7. The minimum Gasteiger partial charge on any atom is -0.460 e. The summed E-state index contributed by atoms with van der Waals surface area (Å²) in [6.07, 6.45) is -0.252. The van der Waals surface area contributed by atoms with Crippen LogP contribution in [0.2, 0.25) is 0 Å². The summed E-state index contributed by atoms with van der Waals surface area (Å²) in [6, 6.07) is 5.46. The molecule has 1 aromatic carbocycles. The van der Waals surface area contributed by atoms with E-state index in [9.17, 15) is 19.2 Å². The molecule has 0 aliphatic carbocycles. The first kappa shape index (κ1) is 29.4. The zero-order chi connectivity index (χ0) is 27.6. The number of nitrogens with two attached hydrogens (primary N) is 1. The quantitative estimate of drug-likeness (QED) is 0.115. The van der Waals surface area contributed by atoms with Crippen molar-refractivity contribution in [2.24, 2.45) is 10.9 Å². The number of amidine groups is 1. The number of esters is 1. The first-order chi connectivity index (χ1) is 17.4. The summed E-state index contributed by atoms with van der Waals surface area (Å²) in [5.74, 6) is -0.668. The molecule has 204 valence electrons. The van der Waals surface area contributed by atoms with Gasteiger partial charge >= 0.3 is 18.1 Å². The number of nitrogens with zero attached hydrogens (tertiary/aromatic N) is 3. The first-order valence-corrected chi connectivity index (χ1v) is 12.0. The van der Waals surface area contributed by atoms with E-state index >= 15 is 0 Å². The summed E-state index contributed by atoms with van der Waals surface area (Å²) in [4.78, 5) is 56.6. The molecule has 2 rings (SSSR count). The fraction of sp³-hybridized carbons (Fsp3) is 0.542. The number of urea groups is 1. The molecule has 0 radical (unpaired) electrons. The van der Waals surface area contributed by atoms with Gasteiger partial charge in [-0.25, -0.2) is 9.59 Å². The maximum absolute atomic E-state index is 12.8. The molecular formula is C24H37N7O6. The number of benzene rings is 1. The smallest absolute Gasteiger partial charge is 0.433 e. The number of carbonyl (C=O) groups is 4. The van der Waals surface area contributed by atoms with Crippen molar-refractivity contribution in [1.29, 1.82) is 0 Å². The van der Waals surface area contributed by atoms with E-state index in [2.05, 4.69) is 21.1 Å². The highest BCUT2D eigenvalue weighted by molar-refractivity contribution is 6.02. The van der Waals surface area contributed by atoms with Crippen LogP contribution in [0.1, 0.15) is 39.2 Å². The molecule has 0 bridgehead atoms. The van der Waals surface area contributed by atoms with Gasteiger partial charge in [-0.3, -0.25) is 14.4 Å². The summed E-state index contributed by atoms with van der Waals surface area (Å²) in [5, 5.41) is 11.4. The topological polar surface area (TPSA) is 168 Å². The lowest BCUT2D eigenvalue weighted by molar-refractivity contribution is -0.154. The Balaban J connectivity index is 1.81. The molecule has 13 heteroatoms.